The lowest BCUT2D eigenvalue weighted by Gasteiger charge is -2.24. The Balaban J connectivity index is 2.29. The monoisotopic (exact) mass is 170 g/mol. The van der Waals surface area contributed by atoms with Crippen molar-refractivity contribution in [3.05, 3.63) is 0 Å². The Morgan fingerprint density at radius 3 is 3.17 bits per heavy atom. The van der Waals surface area contributed by atoms with E-state index >= 15 is 0 Å². The van der Waals surface area contributed by atoms with Gasteiger partial charge in [-0.15, -0.1) is 0 Å². The van der Waals surface area contributed by atoms with Crippen LogP contribution in [0.25, 0.3) is 0 Å². The highest BCUT2D eigenvalue weighted by Gasteiger charge is 2.55. The fourth-order valence-corrected chi connectivity index (χ4v) is 1.60. The van der Waals surface area contributed by atoms with Crippen LogP contribution in [0.15, 0.2) is 10.2 Å². The summed E-state index contributed by atoms with van der Waals surface area (Å²) >= 11 is 0. The van der Waals surface area contributed by atoms with Crippen molar-refractivity contribution in [2.24, 2.45) is 16.1 Å². The van der Waals surface area contributed by atoms with Crippen molar-refractivity contribution in [1.82, 2.24) is 0 Å². The summed E-state index contributed by atoms with van der Waals surface area (Å²) in [7, 11) is 1.52. The molecule has 0 aromatic rings. The maximum Gasteiger partial charge on any atom is 0.335 e. The molecule has 0 saturated carbocycles. The summed E-state index contributed by atoms with van der Waals surface area (Å²) in [5.74, 6) is -1.20. The molecule has 0 aromatic heterocycles. The van der Waals surface area contributed by atoms with Crippen LogP contribution in [0.4, 0.5) is 0 Å². The zero-order valence-corrected chi connectivity index (χ0v) is 6.98. The van der Waals surface area contributed by atoms with Gasteiger partial charge >= 0.3 is 5.97 Å². The van der Waals surface area contributed by atoms with Gasteiger partial charge in [0.2, 0.25) is 5.79 Å². The predicted molar refractivity (Wildman–Crippen MR) is 38.5 cm³/mol. The van der Waals surface area contributed by atoms with Gasteiger partial charge in [-0.05, 0) is 0 Å². The Hall–Kier alpha value is -0.970. The molecule has 5 nitrogen and oxygen atoms in total. The molecule has 0 N–H and O–H groups in total. The number of ether oxygens (including phenoxy) is 2. The molecule has 2 aliphatic heterocycles. The van der Waals surface area contributed by atoms with E-state index in [9.17, 15) is 4.79 Å². The van der Waals surface area contributed by atoms with Crippen LogP contribution in [-0.4, -0.2) is 31.5 Å². The quantitative estimate of drug-likeness (QED) is 0.534. The average molecular weight is 170 g/mol. The summed E-state index contributed by atoms with van der Waals surface area (Å²) in [5.41, 5.74) is 0. The Kier molecular flexibility index (Phi) is 1.44. The zero-order valence-electron chi connectivity index (χ0n) is 6.98. The highest BCUT2D eigenvalue weighted by atomic mass is 16.7. The third-order valence-electron chi connectivity index (χ3n) is 2.49. The second kappa shape index (κ2) is 2.26. The Labute approximate surface area is 69.8 Å². The minimum atomic E-state index is -0.828. The van der Waals surface area contributed by atoms with E-state index in [1.807, 2.05) is 0 Å². The largest absolute Gasteiger partial charge is 0.431 e. The van der Waals surface area contributed by atoms with E-state index in [0.29, 0.717) is 6.54 Å². The smallest absolute Gasteiger partial charge is 0.335 e. The molecule has 0 bridgehead atoms. The van der Waals surface area contributed by atoms with Crippen molar-refractivity contribution >= 4 is 5.97 Å². The van der Waals surface area contributed by atoms with Crippen molar-refractivity contribution in [2.45, 2.75) is 18.8 Å². The van der Waals surface area contributed by atoms with Crippen LogP contribution < -0.4 is 0 Å². The number of rotatable bonds is 1. The van der Waals surface area contributed by atoms with Crippen LogP contribution in [0.1, 0.15) is 6.92 Å². The topological polar surface area (TPSA) is 60.2 Å². The molecule has 3 atom stereocenters. The van der Waals surface area contributed by atoms with Crippen molar-refractivity contribution in [1.29, 1.82) is 0 Å². The van der Waals surface area contributed by atoms with E-state index < -0.39 is 11.8 Å². The number of fused-ring (bicyclic) bond motifs is 1. The van der Waals surface area contributed by atoms with Gasteiger partial charge in [0.25, 0.3) is 0 Å². The van der Waals surface area contributed by atoms with Crippen LogP contribution in [-0.2, 0) is 14.3 Å². The highest BCUT2D eigenvalue weighted by Crippen LogP contribution is 2.38. The summed E-state index contributed by atoms with van der Waals surface area (Å²) in [6.45, 7) is 2.26. The first kappa shape index (κ1) is 7.67. The van der Waals surface area contributed by atoms with E-state index in [4.69, 9.17) is 9.47 Å². The van der Waals surface area contributed by atoms with Crippen LogP contribution in [0.5, 0.6) is 0 Å². The molecule has 0 amide bonds. The van der Waals surface area contributed by atoms with Gasteiger partial charge in [0.15, 0.2) is 6.04 Å². The summed E-state index contributed by atoms with van der Waals surface area (Å²) < 4.78 is 10.2. The molecule has 0 spiro atoms. The fourth-order valence-electron chi connectivity index (χ4n) is 1.60. The molecule has 5 heteroatoms. The first-order valence-corrected chi connectivity index (χ1v) is 3.82. The van der Waals surface area contributed by atoms with Gasteiger partial charge in [0.1, 0.15) is 0 Å². The van der Waals surface area contributed by atoms with Crippen LogP contribution in [0.2, 0.25) is 0 Å². The second-order valence-corrected chi connectivity index (χ2v) is 3.13. The number of carbonyl (C=O) groups is 1. The van der Waals surface area contributed by atoms with Gasteiger partial charge in [-0.1, -0.05) is 0 Å². The fraction of sp³-hybridized carbons (Fsp3) is 0.857. The first-order valence-electron chi connectivity index (χ1n) is 3.82. The van der Waals surface area contributed by atoms with Crippen molar-refractivity contribution in [3.8, 4) is 0 Å². The van der Waals surface area contributed by atoms with E-state index in [1.54, 1.807) is 6.92 Å². The molecular weight excluding hydrogens is 160 g/mol. The van der Waals surface area contributed by atoms with Gasteiger partial charge in [0, 0.05) is 14.0 Å². The number of hydrogen-bond donors (Lipinski definition) is 0. The average Bonchev–Trinajstić information content (AvgIpc) is 2.58. The lowest BCUT2D eigenvalue weighted by Crippen LogP contribution is -2.36. The first-order chi connectivity index (χ1) is 5.67. The van der Waals surface area contributed by atoms with E-state index in [1.165, 1.54) is 7.11 Å². The number of azo groups is 1. The van der Waals surface area contributed by atoms with Crippen molar-refractivity contribution in [3.63, 3.8) is 0 Å². The SMILES string of the molecule is CO[C@]1(C)OC(=O)[C@H]2N=NC[C@H]21. The van der Waals surface area contributed by atoms with Gasteiger partial charge in [0.05, 0.1) is 12.5 Å². The Bertz CT molecular complexity index is 253. The molecule has 2 heterocycles. The minimum absolute atomic E-state index is 0.0463. The number of methoxy groups -OCH3 is 1. The number of cyclic esters (lactones) is 1. The molecule has 2 aliphatic rings. The van der Waals surface area contributed by atoms with E-state index in [0.717, 1.165) is 0 Å². The molecule has 2 rings (SSSR count). The third-order valence-corrected chi connectivity index (χ3v) is 2.49. The number of hydrogen-bond acceptors (Lipinski definition) is 5. The summed E-state index contributed by atoms with van der Waals surface area (Å²) in [5, 5.41) is 7.60. The molecule has 1 saturated heterocycles. The maximum absolute atomic E-state index is 11.2. The van der Waals surface area contributed by atoms with Crippen molar-refractivity contribution < 1.29 is 14.3 Å². The number of carbonyl (C=O) groups excluding carboxylic acids is 1. The molecule has 0 aliphatic carbocycles. The lowest BCUT2D eigenvalue weighted by molar-refractivity contribution is -0.205. The molecule has 0 aromatic carbocycles. The molecular formula is C7H10N2O3. The highest BCUT2D eigenvalue weighted by molar-refractivity contribution is 5.79. The van der Waals surface area contributed by atoms with Crippen LogP contribution in [0.3, 0.4) is 0 Å². The van der Waals surface area contributed by atoms with E-state index in [2.05, 4.69) is 10.2 Å². The van der Waals surface area contributed by atoms with Gasteiger partial charge < -0.3 is 9.47 Å². The summed E-state index contributed by atoms with van der Waals surface area (Å²) in [4.78, 5) is 11.2. The Morgan fingerprint density at radius 2 is 2.50 bits per heavy atom. The molecule has 12 heavy (non-hydrogen) atoms. The zero-order chi connectivity index (χ0) is 8.77. The Morgan fingerprint density at radius 1 is 1.75 bits per heavy atom. The third kappa shape index (κ3) is 0.797. The normalized spacial score (nSPS) is 44.7. The number of esters is 1. The predicted octanol–water partition coefficient (Wildman–Crippen LogP) is 0.356. The van der Waals surface area contributed by atoms with E-state index in [-0.39, 0.29) is 11.9 Å². The lowest BCUT2D eigenvalue weighted by atomic mass is 9.96. The number of nitrogens with zero attached hydrogens (tertiary/aromatic N) is 2. The second-order valence-electron chi connectivity index (χ2n) is 3.13. The van der Waals surface area contributed by atoms with Gasteiger partial charge in [-0.2, -0.15) is 10.2 Å². The standard InChI is InChI=1S/C7H10N2O3/c1-7(11-2)4-3-8-9-5(4)6(10)12-7/h4-5H,3H2,1-2H3/t4-,5+,7-/m1/s1. The van der Waals surface area contributed by atoms with Crippen molar-refractivity contribution in [2.75, 3.05) is 13.7 Å². The molecule has 66 valence electrons. The molecule has 1 fully saturated rings. The van der Waals surface area contributed by atoms with Gasteiger partial charge in [-0.25, -0.2) is 4.79 Å². The van der Waals surface area contributed by atoms with Gasteiger partial charge in [-0.3, -0.25) is 0 Å². The van der Waals surface area contributed by atoms with Crippen LogP contribution >= 0.6 is 0 Å². The molecule has 0 unspecified atom stereocenters. The molecule has 0 radical (unpaired) electrons. The summed E-state index contributed by atoms with van der Waals surface area (Å²) in [6.07, 6.45) is 0. The minimum Gasteiger partial charge on any atom is -0.431 e. The van der Waals surface area contributed by atoms with Crippen LogP contribution in [0, 0.1) is 5.92 Å². The summed E-state index contributed by atoms with van der Waals surface area (Å²) in [6, 6.07) is -0.435. The maximum atomic E-state index is 11.2.